The number of hydrogen-bond donors (Lipinski definition) is 1. The highest BCUT2D eigenvalue weighted by molar-refractivity contribution is 5.90. The summed E-state index contributed by atoms with van der Waals surface area (Å²) in [5.41, 5.74) is 5.82. The summed E-state index contributed by atoms with van der Waals surface area (Å²) < 4.78 is 5.38. The second-order valence-corrected chi connectivity index (χ2v) is 9.11. The predicted molar refractivity (Wildman–Crippen MR) is 129 cm³/mol. The normalized spacial score (nSPS) is 18.1. The van der Waals surface area contributed by atoms with E-state index in [1.165, 1.54) is 5.57 Å². The van der Waals surface area contributed by atoms with Crippen LogP contribution in [0.25, 0.3) is 5.57 Å². The van der Waals surface area contributed by atoms with Crippen LogP contribution in [0.15, 0.2) is 48.5 Å². The van der Waals surface area contributed by atoms with Crippen LogP contribution in [0.4, 0.5) is 10.5 Å². The number of hydrogen-bond acceptors (Lipinski definition) is 4. The maximum atomic E-state index is 12.7. The molecule has 0 spiro atoms. The zero-order valence-corrected chi connectivity index (χ0v) is 19.1. The second kappa shape index (κ2) is 9.70. The van der Waals surface area contributed by atoms with Gasteiger partial charge in [-0.15, -0.1) is 0 Å². The van der Waals surface area contributed by atoms with Gasteiger partial charge in [0, 0.05) is 51.0 Å². The molecule has 0 aromatic heterocycles. The lowest BCUT2D eigenvalue weighted by Gasteiger charge is -2.31. The van der Waals surface area contributed by atoms with Crippen molar-refractivity contribution in [3.05, 3.63) is 70.8 Å². The Morgan fingerprint density at radius 3 is 2.47 bits per heavy atom. The number of nitrogens with one attached hydrogen (secondary N) is 1. The Morgan fingerprint density at radius 1 is 1.00 bits per heavy atom. The third-order valence-electron chi connectivity index (χ3n) is 6.94. The molecule has 1 saturated heterocycles. The molecule has 3 heterocycles. The van der Waals surface area contributed by atoms with Crippen LogP contribution in [0.5, 0.6) is 0 Å². The highest BCUT2D eigenvalue weighted by Crippen LogP contribution is 2.27. The fraction of sp³-hybridized carbons (Fsp3) is 0.370. The number of rotatable bonds is 3. The van der Waals surface area contributed by atoms with E-state index in [0.29, 0.717) is 38.4 Å². The molecule has 0 atom stereocenters. The zero-order valence-electron chi connectivity index (χ0n) is 19.1. The molecule has 0 saturated carbocycles. The number of nitrogens with zero attached hydrogens (tertiary/aromatic N) is 3. The number of amides is 3. The van der Waals surface area contributed by atoms with Crippen LogP contribution >= 0.6 is 0 Å². The smallest absolute Gasteiger partial charge is 0.322 e. The quantitative estimate of drug-likeness (QED) is 0.752. The third-order valence-corrected chi connectivity index (χ3v) is 6.94. The van der Waals surface area contributed by atoms with Crippen molar-refractivity contribution in [2.24, 2.45) is 5.92 Å². The Hall–Kier alpha value is -3.63. The van der Waals surface area contributed by atoms with Gasteiger partial charge in [-0.25, -0.2) is 4.79 Å². The van der Waals surface area contributed by atoms with Crippen LogP contribution < -0.4 is 5.32 Å². The van der Waals surface area contributed by atoms with E-state index in [9.17, 15) is 9.59 Å². The minimum Gasteiger partial charge on any atom is -0.381 e. The molecule has 7 heteroatoms. The lowest BCUT2D eigenvalue weighted by Crippen LogP contribution is -2.40. The van der Waals surface area contributed by atoms with Crippen molar-refractivity contribution < 1.29 is 14.3 Å². The average Bonchev–Trinajstić information content (AvgIpc) is 3.33. The monoisotopic (exact) mass is 456 g/mol. The lowest BCUT2D eigenvalue weighted by molar-refractivity contribution is -0.138. The van der Waals surface area contributed by atoms with Gasteiger partial charge in [0.1, 0.15) is 0 Å². The van der Waals surface area contributed by atoms with Crippen LogP contribution in [0.1, 0.15) is 41.5 Å². The molecule has 7 nitrogen and oxygen atoms in total. The zero-order chi connectivity index (χ0) is 23.5. The predicted octanol–water partition coefficient (Wildman–Crippen LogP) is 4.15. The first kappa shape index (κ1) is 22.2. The van der Waals surface area contributed by atoms with Gasteiger partial charge >= 0.3 is 6.03 Å². The van der Waals surface area contributed by atoms with Gasteiger partial charge in [-0.2, -0.15) is 5.26 Å². The first-order chi connectivity index (χ1) is 16.6. The first-order valence-electron chi connectivity index (χ1n) is 11.8. The summed E-state index contributed by atoms with van der Waals surface area (Å²) in [5.74, 6) is 0.355. The maximum absolute atomic E-state index is 12.7. The van der Waals surface area contributed by atoms with Crippen molar-refractivity contribution in [2.75, 3.05) is 31.6 Å². The summed E-state index contributed by atoms with van der Waals surface area (Å²) in [6.07, 6.45) is 4.62. The number of carbonyl (C=O) groups is 2. The molecule has 0 aliphatic carbocycles. The molecule has 3 aliphatic rings. The minimum atomic E-state index is -0.151. The van der Waals surface area contributed by atoms with Crippen molar-refractivity contribution in [3.63, 3.8) is 0 Å². The van der Waals surface area contributed by atoms with Crippen LogP contribution in [0.2, 0.25) is 0 Å². The SMILES string of the molecule is N#Cc1ccc2c(c1)CN(C(=O)Nc1ccc(C3=CCN(C(=O)C4CCOCC4)CC3)cc1)C2. The Labute approximate surface area is 199 Å². The molecule has 0 radical (unpaired) electrons. The highest BCUT2D eigenvalue weighted by atomic mass is 16.5. The van der Waals surface area contributed by atoms with Crippen LogP contribution in [0, 0.1) is 17.2 Å². The molecule has 1 N–H and O–H groups in total. The van der Waals surface area contributed by atoms with Crippen molar-refractivity contribution >= 4 is 23.2 Å². The Kier molecular flexibility index (Phi) is 6.33. The first-order valence-corrected chi connectivity index (χ1v) is 11.8. The Balaban J connectivity index is 1.16. The topological polar surface area (TPSA) is 85.7 Å². The van der Waals surface area contributed by atoms with E-state index >= 15 is 0 Å². The van der Waals surface area contributed by atoms with Gasteiger partial charge in [0.05, 0.1) is 11.6 Å². The standard InChI is InChI=1S/C27H28N4O3/c28-16-19-1-2-23-17-31(18-24(23)15-19)27(33)29-25-5-3-20(4-6-25)21-7-11-30(12-8-21)26(32)22-9-13-34-14-10-22/h1-7,15,22H,8-14,17-18H2,(H,29,33). The number of fused-ring (bicyclic) bond motifs is 1. The number of anilines is 1. The molecular formula is C27H28N4O3. The fourth-order valence-electron chi connectivity index (χ4n) is 4.91. The minimum absolute atomic E-state index is 0.100. The lowest BCUT2D eigenvalue weighted by atomic mass is 9.95. The van der Waals surface area contributed by atoms with E-state index in [4.69, 9.17) is 10.00 Å². The van der Waals surface area contributed by atoms with Crippen LogP contribution in [0.3, 0.4) is 0 Å². The molecule has 34 heavy (non-hydrogen) atoms. The number of ether oxygens (including phenoxy) is 1. The van der Waals surface area contributed by atoms with E-state index in [1.807, 2.05) is 41.3 Å². The molecule has 1 fully saturated rings. The molecule has 3 amide bonds. The number of nitriles is 1. The van der Waals surface area contributed by atoms with Crippen molar-refractivity contribution in [2.45, 2.75) is 32.4 Å². The van der Waals surface area contributed by atoms with Crippen molar-refractivity contribution in [1.82, 2.24) is 9.80 Å². The highest BCUT2D eigenvalue weighted by Gasteiger charge is 2.27. The van der Waals surface area contributed by atoms with Gasteiger partial charge in [0.2, 0.25) is 5.91 Å². The summed E-state index contributed by atoms with van der Waals surface area (Å²) >= 11 is 0. The fourth-order valence-corrected chi connectivity index (χ4v) is 4.91. The van der Waals surface area contributed by atoms with Gasteiger partial charge in [-0.05, 0) is 65.8 Å². The second-order valence-electron chi connectivity index (χ2n) is 9.11. The van der Waals surface area contributed by atoms with E-state index in [-0.39, 0.29) is 17.9 Å². The van der Waals surface area contributed by atoms with Crippen molar-refractivity contribution in [3.8, 4) is 6.07 Å². The molecule has 2 aromatic carbocycles. The molecular weight excluding hydrogens is 428 g/mol. The van der Waals surface area contributed by atoms with Gasteiger partial charge in [0.25, 0.3) is 0 Å². The Bertz CT molecular complexity index is 1160. The third kappa shape index (κ3) is 4.68. The molecule has 0 unspecified atom stereocenters. The van der Waals surface area contributed by atoms with Crippen LogP contribution in [-0.2, 0) is 22.6 Å². The molecule has 5 rings (SSSR count). The summed E-state index contributed by atoms with van der Waals surface area (Å²) in [7, 11) is 0. The summed E-state index contributed by atoms with van der Waals surface area (Å²) in [5, 5.41) is 12.1. The summed E-state index contributed by atoms with van der Waals surface area (Å²) in [6, 6.07) is 15.5. The number of urea groups is 1. The van der Waals surface area contributed by atoms with Gasteiger partial charge in [0.15, 0.2) is 0 Å². The summed E-state index contributed by atoms with van der Waals surface area (Å²) in [4.78, 5) is 29.2. The maximum Gasteiger partial charge on any atom is 0.322 e. The molecule has 174 valence electrons. The Morgan fingerprint density at radius 2 is 1.76 bits per heavy atom. The van der Waals surface area contributed by atoms with E-state index in [2.05, 4.69) is 17.5 Å². The molecule has 3 aliphatic heterocycles. The number of benzene rings is 2. The summed E-state index contributed by atoms with van der Waals surface area (Å²) in [6.45, 7) is 3.80. The number of carbonyl (C=O) groups excluding carboxylic acids is 2. The molecule has 2 aromatic rings. The van der Waals surface area contributed by atoms with Crippen LogP contribution in [-0.4, -0.2) is 48.0 Å². The largest absolute Gasteiger partial charge is 0.381 e. The van der Waals surface area contributed by atoms with Gasteiger partial charge in [-0.1, -0.05) is 24.3 Å². The molecule has 0 bridgehead atoms. The van der Waals surface area contributed by atoms with E-state index < -0.39 is 0 Å². The van der Waals surface area contributed by atoms with E-state index in [1.54, 1.807) is 11.0 Å². The average molecular weight is 457 g/mol. The van der Waals surface area contributed by atoms with Crippen molar-refractivity contribution in [1.29, 1.82) is 5.26 Å². The van der Waals surface area contributed by atoms with Gasteiger partial charge in [-0.3, -0.25) is 4.79 Å². The van der Waals surface area contributed by atoms with E-state index in [0.717, 1.165) is 48.2 Å². The van der Waals surface area contributed by atoms with Gasteiger partial charge < -0.3 is 19.9 Å².